The summed E-state index contributed by atoms with van der Waals surface area (Å²) in [6, 6.07) is 5.73. The maximum atomic E-state index is 13.1. The van der Waals surface area contributed by atoms with Crippen LogP contribution in [-0.4, -0.2) is 59.0 Å². The predicted molar refractivity (Wildman–Crippen MR) is 118 cm³/mol. The molecule has 4 aromatic heterocycles. The van der Waals surface area contributed by atoms with Crippen LogP contribution < -0.4 is 10.2 Å². The topological polar surface area (TPSA) is 125 Å². The Kier molecular flexibility index (Phi) is 5.56. The Bertz CT molecular complexity index is 1380. The van der Waals surface area contributed by atoms with Crippen molar-refractivity contribution in [2.24, 2.45) is 0 Å². The number of alkyl halides is 3. The van der Waals surface area contributed by atoms with E-state index >= 15 is 0 Å². The van der Waals surface area contributed by atoms with E-state index in [4.69, 9.17) is 5.11 Å². The predicted octanol–water partition coefficient (Wildman–Crippen LogP) is 2.40. The lowest BCUT2D eigenvalue weighted by Crippen LogP contribution is -2.63. The molecule has 182 valence electrons. The molecule has 0 aromatic carbocycles. The van der Waals surface area contributed by atoms with Crippen molar-refractivity contribution in [3.05, 3.63) is 48.7 Å². The van der Waals surface area contributed by atoms with Crippen LogP contribution >= 0.6 is 0 Å². The Labute approximate surface area is 197 Å². The van der Waals surface area contributed by atoms with E-state index in [2.05, 4.69) is 31.7 Å². The fraction of sp³-hybridized carbons (Fsp3) is 0.381. The zero-order valence-electron chi connectivity index (χ0n) is 18.4. The number of aliphatic hydroxyl groups excluding tert-OH is 1. The molecular formula is C21H21F3N10O. The summed E-state index contributed by atoms with van der Waals surface area (Å²) in [5, 5.41) is 34.0. The lowest BCUT2D eigenvalue weighted by Gasteiger charge is -2.50. The monoisotopic (exact) mass is 486 g/mol. The highest BCUT2D eigenvalue weighted by atomic mass is 19.4. The normalized spacial score (nSPS) is 15.2. The second kappa shape index (κ2) is 8.58. The minimum Gasteiger partial charge on any atom is -0.396 e. The molecular weight excluding hydrogens is 465 g/mol. The van der Waals surface area contributed by atoms with Gasteiger partial charge in [0.2, 0.25) is 5.95 Å². The molecule has 0 amide bonds. The van der Waals surface area contributed by atoms with Crippen LogP contribution in [0.5, 0.6) is 0 Å². The molecule has 1 saturated heterocycles. The van der Waals surface area contributed by atoms with Gasteiger partial charge < -0.3 is 15.3 Å². The molecule has 5 rings (SSSR count). The van der Waals surface area contributed by atoms with Crippen molar-refractivity contribution in [3.8, 4) is 6.07 Å². The smallest absolute Gasteiger partial charge is 0.396 e. The van der Waals surface area contributed by atoms with E-state index in [-0.39, 0.29) is 13.0 Å². The van der Waals surface area contributed by atoms with Crippen LogP contribution in [0, 0.1) is 11.3 Å². The third-order valence-electron chi connectivity index (χ3n) is 5.89. The molecule has 0 radical (unpaired) electrons. The number of nitrogens with zero attached hydrogens (tertiary/aromatic N) is 9. The number of nitriles is 1. The average molecular weight is 486 g/mol. The van der Waals surface area contributed by atoms with Crippen LogP contribution in [0.25, 0.3) is 5.65 Å². The average Bonchev–Trinajstić information content (AvgIpc) is 3.53. The lowest BCUT2D eigenvalue weighted by molar-refractivity contribution is -0.137. The molecule has 14 heteroatoms. The molecule has 5 heterocycles. The second-order valence-electron chi connectivity index (χ2n) is 8.38. The molecule has 2 N–H and O–H groups in total. The number of fused-ring (bicyclic) bond motifs is 1. The number of aryl methyl sites for hydroxylation is 1. The molecule has 4 aromatic rings. The van der Waals surface area contributed by atoms with E-state index < -0.39 is 17.3 Å². The van der Waals surface area contributed by atoms with Crippen molar-refractivity contribution in [2.75, 3.05) is 29.9 Å². The van der Waals surface area contributed by atoms with Gasteiger partial charge in [-0.15, -0.1) is 5.10 Å². The highest BCUT2D eigenvalue weighted by Gasteiger charge is 2.47. The fourth-order valence-corrected chi connectivity index (χ4v) is 4.15. The van der Waals surface area contributed by atoms with Gasteiger partial charge in [-0.05, 0) is 18.6 Å². The quantitative estimate of drug-likeness (QED) is 0.389. The van der Waals surface area contributed by atoms with Crippen molar-refractivity contribution in [3.63, 3.8) is 0 Å². The first-order valence-electron chi connectivity index (χ1n) is 10.8. The number of hydrogen-bond donors (Lipinski definition) is 2. The lowest BCUT2D eigenvalue weighted by atomic mass is 9.86. The van der Waals surface area contributed by atoms with Gasteiger partial charge in [0.1, 0.15) is 5.54 Å². The van der Waals surface area contributed by atoms with E-state index in [1.165, 1.54) is 4.68 Å². The molecule has 0 spiro atoms. The standard InChI is InChI=1S/C21H21F3N10O/c22-21(23,24)15-9-27-34(11-15)20(4-5-25)13-31(14-20)17-3-1-7-33-18(17)29-19(30-33)28-16-10-26-32(12-16)6-2-8-35/h1,3,7,9-12,35H,2,4,6,8,13-14H2,(H,28,30). The van der Waals surface area contributed by atoms with Crippen molar-refractivity contribution in [2.45, 2.75) is 31.1 Å². The third-order valence-corrected chi connectivity index (χ3v) is 5.89. The van der Waals surface area contributed by atoms with Crippen LogP contribution in [0.4, 0.5) is 30.5 Å². The minimum atomic E-state index is -4.50. The molecule has 35 heavy (non-hydrogen) atoms. The zero-order chi connectivity index (χ0) is 24.6. The largest absolute Gasteiger partial charge is 0.419 e. The number of hydrogen-bond acceptors (Lipinski definition) is 8. The summed E-state index contributed by atoms with van der Waals surface area (Å²) in [6.45, 7) is 1.26. The van der Waals surface area contributed by atoms with Gasteiger partial charge in [-0.1, -0.05) is 0 Å². The Morgan fingerprint density at radius 3 is 2.74 bits per heavy atom. The number of aliphatic hydroxyl groups is 1. The molecule has 0 atom stereocenters. The molecule has 0 aliphatic carbocycles. The van der Waals surface area contributed by atoms with Gasteiger partial charge in [0.15, 0.2) is 5.65 Å². The number of anilines is 3. The highest BCUT2D eigenvalue weighted by Crippen LogP contribution is 2.39. The maximum Gasteiger partial charge on any atom is 0.419 e. The van der Waals surface area contributed by atoms with Crippen molar-refractivity contribution in [1.29, 1.82) is 5.26 Å². The number of aromatic nitrogens is 7. The SMILES string of the molecule is N#CCC1(n2cc(C(F)(F)F)cn2)CN(c2cccn3nc(Nc4cnn(CCCO)c4)nc23)C1. The summed E-state index contributed by atoms with van der Waals surface area (Å²) in [4.78, 5) is 6.51. The van der Waals surface area contributed by atoms with Crippen molar-refractivity contribution < 1.29 is 18.3 Å². The van der Waals surface area contributed by atoms with Gasteiger partial charge in [-0.25, -0.2) is 4.52 Å². The first kappa shape index (κ1) is 22.7. The van der Waals surface area contributed by atoms with Crippen LogP contribution in [-0.2, 0) is 18.3 Å². The van der Waals surface area contributed by atoms with E-state index in [1.54, 1.807) is 33.9 Å². The molecule has 0 bridgehead atoms. The molecule has 0 saturated carbocycles. The summed E-state index contributed by atoms with van der Waals surface area (Å²) in [5.41, 5.74) is 0.280. The summed E-state index contributed by atoms with van der Waals surface area (Å²) >= 11 is 0. The van der Waals surface area contributed by atoms with E-state index in [1.807, 2.05) is 11.0 Å². The van der Waals surface area contributed by atoms with Gasteiger partial charge in [0.25, 0.3) is 0 Å². The van der Waals surface area contributed by atoms with Crippen LogP contribution in [0.15, 0.2) is 43.1 Å². The van der Waals surface area contributed by atoms with Crippen LogP contribution in [0.2, 0.25) is 0 Å². The Morgan fingerprint density at radius 2 is 2.03 bits per heavy atom. The first-order chi connectivity index (χ1) is 16.8. The summed E-state index contributed by atoms with van der Waals surface area (Å²) < 4.78 is 43.7. The first-order valence-corrected chi connectivity index (χ1v) is 10.8. The van der Waals surface area contributed by atoms with Gasteiger partial charge >= 0.3 is 6.18 Å². The Balaban J connectivity index is 1.36. The Hall–Kier alpha value is -4.12. The van der Waals surface area contributed by atoms with E-state index in [0.717, 1.165) is 18.1 Å². The molecule has 0 unspecified atom stereocenters. The van der Waals surface area contributed by atoms with Gasteiger partial charge in [-0.3, -0.25) is 9.36 Å². The van der Waals surface area contributed by atoms with E-state index in [0.29, 0.717) is 43.3 Å². The highest BCUT2D eigenvalue weighted by molar-refractivity contribution is 5.72. The minimum absolute atomic E-state index is 0.0192. The summed E-state index contributed by atoms with van der Waals surface area (Å²) in [6.07, 6.45) is 3.01. The van der Waals surface area contributed by atoms with E-state index in [9.17, 15) is 18.4 Å². The van der Waals surface area contributed by atoms with Crippen LogP contribution in [0.3, 0.4) is 0 Å². The number of pyridine rings is 1. The number of nitrogens with one attached hydrogen (secondary N) is 1. The van der Waals surface area contributed by atoms with Gasteiger partial charge in [-0.2, -0.15) is 33.6 Å². The number of rotatable bonds is 8. The zero-order valence-corrected chi connectivity index (χ0v) is 18.4. The summed E-state index contributed by atoms with van der Waals surface area (Å²) in [5.74, 6) is 0.352. The summed E-state index contributed by atoms with van der Waals surface area (Å²) in [7, 11) is 0. The maximum absolute atomic E-state index is 13.1. The van der Waals surface area contributed by atoms with Gasteiger partial charge in [0.05, 0.1) is 41.8 Å². The molecule has 1 aliphatic rings. The van der Waals surface area contributed by atoms with Gasteiger partial charge in [0, 0.05) is 44.8 Å². The van der Waals surface area contributed by atoms with Crippen molar-refractivity contribution in [1.82, 2.24) is 34.2 Å². The molecule has 1 fully saturated rings. The Morgan fingerprint density at radius 1 is 1.20 bits per heavy atom. The number of halogens is 3. The van der Waals surface area contributed by atoms with Crippen molar-refractivity contribution >= 4 is 23.0 Å². The molecule has 11 nitrogen and oxygen atoms in total. The molecule has 1 aliphatic heterocycles. The second-order valence-corrected chi connectivity index (χ2v) is 8.38. The third kappa shape index (κ3) is 4.26. The fourth-order valence-electron chi connectivity index (χ4n) is 4.15. The van der Waals surface area contributed by atoms with Crippen LogP contribution in [0.1, 0.15) is 18.4 Å².